The van der Waals surface area contributed by atoms with Gasteiger partial charge in [0.15, 0.2) is 0 Å². The maximum atomic E-state index is 12.9. The van der Waals surface area contributed by atoms with Gasteiger partial charge >= 0.3 is 0 Å². The summed E-state index contributed by atoms with van der Waals surface area (Å²) < 4.78 is 28.3. The van der Waals surface area contributed by atoms with E-state index in [0.717, 1.165) is 41.4 Å². The van der Waals surface area contributed by atoms with E-state index < -0.39 is 15.9 Å². The van der Waals surface area contributed by atoms with Gasteiger partial charge in [-0.25, -0.2) is 13.4 Å². The fraction of sp³-hybridized carbons (Fsp3) is 0.333. The molecule has 9 heteroatoms. The lowest BCUT2D eigenvalue weighted by molar-refractivity contribution is 0.0952. The molecule has 174 valence electrons. The molecule has 0 bridgehead atoms. The summed E-state index contributed by atoms with van der Waals surface area (Å²) in [5.74, 6) is 0.534. The predicted octanol–water partition coefficient (Wildman–Crippen LogP) is 4.56. The van der Waals surface area contributed by atoms with Crippen molar-refractivity contribution in [2.75, 3.05) is 22.7 Å². The Kier molecular flexibility index (Phi) is 7.29. The highest BCUT2D eigenvalue weighted by molar-refractivity contribution is 7.93. The molecule has 3 aromatic rings. The Labute approximate surface area is 198 Å². The molecule has 3 heterocycles. The van der Waals surface area contributed by atoms with Crippen molar-refractivity contribution in [3.05, 3.63) is 70.0 Å². The van der Waals surface area contributed by atoms with E-state index in [2.05, 4.69) is 19.9 Å². The molecule has 1 fully saturated rings. The largest absolute Gasteiger partial charge is 0.357 e. The topological polar surface area (TPSA) is 91.4 Å². The van der Waals surface area contributed by atoms with Crippen LogP contribution < -0.4 is 14.9 Å². The van der Waals surface area contributed by atoms with Gasteiger partial charge in [-0.15, -0.1) is 11.3 Å². The number of anilines is 2. The number of thiophene rings is 1. The Bertz CT molecular complexity index is 1180. The molecule has 1 saturated heterocycles. The number of benzene rings is 1. The van der Waals surface area contributed by atoms with Crippen LogP contribution in [-0.2, 0) is 16.6 Å². The van der Waals surface area contributed by atoms with Crippen molar-refractivity contribution < 1.29 is 13.2 Å². The number of aromatic nitrogens is 1. The van der Waals surface area contributed by atoms with Crippen molar-refractivity contribution in [3.63, 3.8) is 0 Å². The summed E-state index contributed by atoms with van der Waals surface area (Å²) in [6.45, 7) is 4.25. The molecule has 1 aliphatic heterocycles. The summed E-state index contributed by atoms with van der Waals surface area (Å²) in [5.41, 5.74) is 2.34. The first kappa shape index (κ1) is 23.3. The highest BCUT2D eigenvalue weighted by Crippen LogP contribution is 2.25. The van der Waals surface area contributed by atoms with Gasteiger partial charge < -0.3 is 10.2 Å². The molecule has 0 saturated carbocycles. The maximum Gasteiger partial charge on any atom is 0.263 e. The van der Waals surface area contributed by atoms with Crippen LogP contribution in [0.5, 0.6) is 0 Å². The number of hydrogen-bond donors (Lipinski definition) is 2. The Morgan fingerprint density at radius 1 is 1.03 bits per heavy atom. The molecule has 0 radical (unpaired) electrons. The van der Waals surface area contributed by atoms with Crippen LogP contribution in [0.3, 0.4) is 0 Å². The van der Waals surface area contributed by atoms with Crippen molar-refractivity contribution >= 4 is 38.8 Å². The van der Waals surface area contributed by atoms with E-state index in [1.165, 1.54) is 31.7 Å². The van der Waals surface area contributed by atoms with Gasteiger partial charge in [0.2, 0.25) is 0 Å². The number of pyridine rings is 1. The molecule has 1 aromatic carbocycles. The minimum Gasteiger partial charge on any atom is -0.357 e. The lowest BCUT2D eigenvalue weighted by Crippen LogP contribution is -2.26. The molecule has 4 rings (SSSR count). The van der Waals surface area contributed by atoms with E-state index >= 15 is 0 Å². The second-order valence-electron chi connectivity index (χ2n) is 8.19. The first-order chi connectivity index (χ1) is 15.9. The molecule has 33 heavy (non-hydrogen) atoms. The summed E-state index contributed by atoms with van der Waals surface area (Å²) in [6, 6.07) is 12.4. The summed E-state index contributed by atoms with van der Waals surface area (Å²) in [7, 11) is -3.88. The number of carbonyl (C=O) groups is 1. The second kappa shape index (κ2) is 10.4. The third kappa shape index (κ3) is 5.91. The Morgan fingerprint density at radius 3 is 2.42 bits per heavy atom. The molecule has 0 atom stereocenters. The van der Waals surface area contributed by atoms with Crippen LogP contribution in [0.4, 0.5) is 11.5 Å². The van der Waals surface area contributed by atoms with Crippen molar-refractivity contribution in [2.45, 2.75) is 44.0 Å². The molecule has 0 unspecified atom stereocenters. The first-order valence-electron chi connectivity index (χ1n) is 11.1. The van der Waals surface area contributed by atoms with Crippen LogP contribution >= 0.6 is 11.3 Å². The van der Waals surface area contributed by atoms with Crippen LogP contribution in [0.1, 0.15) is 46.5 Å². The lowest BCUT2D eigenvalue weighted by atomic mass is 10.2. The van der Waals surface area contributed by atoms with Crippen molar-refractivity contribution in [2.24, 2.45) is 0 Å². The Morgan fingerprint density at radius 2 is 1.76 bits per heavy atom. The smallest absolute Gasteiger partial charge is 0.263 e. The SMILES string of the molecule is Cc1ccc(NS(=O)(=O)c2ccsc2C(=O)NCc2ccc(N3CCCCCC3)nc2)cc1. The normalized spacial score (nSPS) is 14.5. The summed E-state index contributed by atoms with van der Waals surface area (Å²) >= 11 is 1.10. The quantitative estimate of drug-likeness (QED) is 0.513. The number of aryl methyl sites for hydroxylation is 1. The average Bonchev–Trinajstić information content (AvgIpc) is 3.17. The first-order valence-corrected chi connectivity index (χ1v) is 13.4. The Balaban J connectivity index is 1.39. The van der Waals surface area contributed by atoms with Gasteiger partial charge in [-0.3, -0.25) is 9.52 Å². The van der Waals surface area contributed by atoms with Crippen molar-refractivity contribution in [1.29, 1.82) is 0 Å². The van der Waals surface area contributed by atoms with Crippen LogP contribution in [0.15, 0.2) is 58.9 Å². The molecule has 2 N–H and O–H groups in total. The number of nitrogens with zero attached hydrogens (tertiary/aromatic N) is 2. The molecule has 0 spiro atoms. The molecule has 1 amide bonds. The third-order valence-corrected chi connectivity index (χ3v) is 8.09. The fourth-order valence-corrected chi connectivity index (χ4v) is 6.18. The molecule has 1 aliphatic rings. The number of hydrogen-bond acceptors (Lipinski definition) is 6. The maximum absolute atomic E-state index is 12.9. The van der Waals surface area contributed by atoms with E-state index in [1.54, 1.807) is 23.7 Å². The Hall–Kier alpha value is -2.91. The second-order valence-corrected chi connectivity index (χ2v) is 10.8. The zero-order valence-electron chi connectivity index (χ0n) is 18.6. The van der Waals surface area contributed by atoms with Gasteiger partial charge in [0.25, 0.3) is 15.9 Å². The van der Waals surface area contributed by atoms with E-state index in [1.807, 2.05) is 31.2 Å². The third-order valence-electron chi connectivity index (χ3n) is 5.62. The van der Waals surface area contributed by atoms with Crippen LogP contribution in [-0.4, -0.2) is 32.4 Å². The van der Waals surface area contributed by atoms with Gasteiger partial charge in [-0.1, -0.05) is 36.6 Å². The molecular weight excluding hydrogens is 456 g/mol. The van der Waals surface area contributed by atoms with Gasteiger partial charge in [-0.05, 0) is 55.0 Å². The zero-order chi connectivity index (χ0) is 23.3. The summed E-state index contributed by atoms with van der Waals surface area (Å²) in [6.07, 6.45) is 6.67. The number of carbonyl (C=O) groups excluding carboxylic acids is 1. The molecule has 7 nitrogen and oxygen atoms in total. The highest BCUT2D eigenvalue weighted by atomic mass is 32.2. The minimum atomic E-state index is -3.88. The van der Waals surface area contributed by atoms with Crippen molar-refractivity contribution in [1.82, 2.24) is 10.3 Å². The summed E-state index contributed by atoms with van der Waals surface area (Å²) in [5, 5.41) is 4.43. The van der Waals surface area contributed by atoms with Gasteiger partial charge in [0, 0.05) is 31.5 Å². The lowest BCUT2D eigenvalue weighted by Gasteiger charge is -2.21. The molecule has 2 aromatic heterocycles. The van der Waals surface area contributed by atoms with Gasteiger partial charge in [-0.2, -0.15) is 0 Å². The fourth-order valence-electron chi connectivity index (χ4n) is 3.78. The van der Waals surface area contributed by atoms with Gasteiger partial charge in [0.05, 0.1) is 0 Å². The standard InChI is InChI=1S/C24H28N4O3S2/c1-18-6-9-20(10-7-18)27-33(30,31)21-12-15-32-23(21)24(29)26-17-19-8-11-22(25-16-19)28-13-4-2-3-5-14-28/h6-12,15-16,27H,2-5,13-14,17H2,1H3,(H,26,29). The minimum absolute atomic E-state index is 0.0276. The number of amides is 1. The van der Waals surface area contributed by atoms with E-state index in [-0.39, 0.29) is 16.3 Å². The molecule has 0 aliphatic carbocycles. The highest BCUT2D eigenvalue weighted by Gasteiger charge is 2.24. The summed E-state index contributed by atoms with van der Waals surface area (Å²) in [4.78, 5) is 19.8. The number of rotatable bonds is 7. The average molecular weight is 485 g/mol. The number of sulfonamides is 1. The van der Waals surface area contributed by atoms with Crippen LogP contribution in [0.25, 0.3) is 0 Å². The van der Waals surface area contributed by atoms with E-state index in [0.29, 0.717) is 5.69 Å². The van der Waals surface area contributed by atoms with E-state index in [9.17, 15) is 13.2 Å². The van der Waals surface area contributed by atoms with Crippen LogP contribution in [0, 0.1) is 6.92 Å². The number of nitrogens with one attached hydrogen (secondary N) is 2. The monoisotopic (exact) mass is 484 g/mol. The molecular formula is C24H28N4O3S2. The van der Waals surface area contributed by atoms with Gasteiger partial charge in [0.1, 0.15) is 15.6 Å². The van der Waals surface area contributed by atoms with E-state index in [4.69, 9.17) is 0 Å². The van der Waals surface area contributed by atoms with Crippen molar-refractivity contribution in [3.8, 4) is 0 Å². The predicted molar refractivity (Wildman–Crippen MR) is 132 cm³/mol. The van der Waals surface area contributed by atoms with Crippen LogP contribution in [0.2, 0.25) is 0 Å². The zero-order valence-corrected chi connectivity index (χ0v) is 20.2.